The molecule has 3 heterocycles. The van der Waals surface area contributed by atoms with Gasteiger partial charge in [0, 0.05) is 11.6 Å². The number of hydrogen-bond acceptors (Lipinski definition) is 3. The van der Waals surface area contributed by atoms with Crippen LogP contribution in [0.5, 0.6) is 5.75 Å². The monoisotopic (exact) mass is 378 g/mol. The first-order chi connectivity index (χ1) is 13.2. The predicted molar refractivity (Wildman–Crippen MR) is 111 cm³/mol. The highest BCUT2D eigenvalue weighted by Crippen LogP contribution is 2.44. The topological polar surface area (TPSA) is 34.1 Å². The molecule has 27 heavy (non-hydrogen) atoms. The van der Waals surface area contributed by atoms with E-state index in [2.05, 4.69) is 47.6 Å². The SMILES string of the molecule is Cc1c(-c2cc(Cl)c3c(c2)CCC2(CCNCC2)O3)ccc2cccnc12. The molecule has 0 unspecified atom stereocenters. The molecule has 3 nitrogen and oxygen atoms in total. The van der Waals surface area contributed by atoms with Crippen molar-refractivity contribution >= 4 is 22.5 Å². The van der Waals surface area contributed by atoms with Gasteiger partial charge in [-0.3, -0.25) is 4.98 Å². The fraction of sp³-hybridized carbons (Fsp3) is 0.348. The Labute approximate surface area is 164 Å². The number of piperidine rings is 1. The van der Waals surface area contributed by atoms with Crippen molar-refractivity contribution in [1.82, 2.24) is 10.3 Å². The van der Waals surface area contributed by atoms with Gasteiger partial charge in [-0.25, -0.2) is 0 Å². The Hall–Kier alpha value is -2.10. The van der Waals surface area contributed by atoms with Gasteiger partial charge in [0.15, 0.2) is 0 Å². The van der Waals surface area contributed by atoms with Gasteiger partial charge in [-0.2, -0.15) is 0 Å². The molecule has 2 aromatic carbocycles. The second-order valence-electron chi connectivity index (χ2n) is 7.79. The van der Waals surface area contributed by atoms with Gasteiger partial charge in [-0.05, 0) is 86.1 Å². The lowest BCUT2D eigenvalue weighted by molar-refractivity contribution is 0.0171. The Balaban J connectivity index is 1.57. The lowest BCUT2D eigenvalue weighted by atomic mass is 9.83. The van der Waals surface area contributed by atoms with Gasteiger partial charge in [-0.15, -0.1) is 0 Å². The summed E-state index contributed by atoms with van der Waals surface area (Å²) in [5.41, 5.74) is 5.76. The fourth-order valence-corrected chi connectivity index (χ4v) is 4.85. The highest BCUT2D eigenvalue weighted by atomic mass is 35.5. The minimum atomic E-state index is -0.0355. The molecular weight excluding hydrogens is 356 g/mol. The number of nitrogens with zero attached hydrogens (tertiary/aromatic N) is 1. The normalized spacial score (nSPS) is 18.3. The lowest BCUT2D eigenvalue weighted by Crippen LogP contribution is -2.48. The van der Waals surface area contributed by atoms with E-state index in [1.54, 1.807) is 0 Å². The quantitative estimate of drug-likeness (QED) is 0.623. The molecule has 1 aromatic heterocycles. The van der Waals surface area contributed by atoms with Crippen LogP contribution >= 0.6 is 11.6 Å². The van der Waals surface area contributed by atoms with E-state index in [0.29, 0.717) is 0 Å². The third kappa shape index (κ3) is 2.90. The van der Waals surface area contributed by atoms with Gasteiger partial charge in [0.1, 0.15) is 11.4 Å². The van der Waals surface area contributed by atoms with Crippen LogP contribution in [0, 0.1) is 6.92 Å². The van der Waals surface area contributed by atoms with E-state index in [9.17, 15) is 0 Å². The Morgan fingerprint density at radius 1 is 1.11 bits per heavy atom. The summed E-state index contributed by atoms with van der Waals surface area (Å²) in [7, 11) is 0. The molecule has 1 fully saturated rings. The number of fused-ring (bicyclic) bond motifs is 2. The van der Waals surface area contributed by atoms with E-state index >= 15 is 0 Å². The molecule has 3 aromatic rings. The zero-order valence-electron chi connectivity index (χ0n) is 15.5. The summed E-state index contributed by atoms with van der Waals surface area (Å²) in [5, 5.41) is 5.32. The summed E-state index contributed by atoms with van der Waals surface area (Å²) < 4.78 is 6.50. The molecule has 0 saturated carbocycles. The van der Waals surface area contributed by atoms with Crippen molar-refractivity contribution in [3.8, 4) is 16.9 Å². The first-order valence-corrected chi connectivity index (χ1v) is 10.1. The number of nitrogens with one attached hydrogen (secondary N) is 1. The molecule has 0 atom stereocenters. The third-order valence-corrected chi connectivity index (χ3v) is 6.42. The fourth-order valence-electron chi connectivity index (χ4n) is 4.57. The highest BCUT2D eigenvalue weighted by molar-refractivity contribution is 6.32. The van der Waals surface area contributed by atoms with Crippen molar-refractivity contribution in [2.45, 2.75) is 38.2 Å². The highest BCUT2D eigenvalue weighted by Gasteiger charge is 2.38. The molecule has 4 heteroatoms. The van der Waals surface area contributed by atoms with Crippen molar-refractivity contribution in [1.29, 1.82) is 0 Å². The molecule has 0 aliphatic carbocycles. The molecule has 1 spiro atoms. The number of ether oxygens (including phenoxy) is 1. The summed E-state index contributed by atoms with van der Waals surface area (Å²) in [6.45, 7) is 4.18. The van der Waals surface area contributed by atoms with Crippen molar-refractivity contribution in [2.24, 2.45) is 0 Å². The summed E-state index contributed by atoms with van der Waals surface area (Å²) in [5.74, 6) is 0.894. The largest absolute Gasteiger partial charge is 0.485 e. The molecule has 138 valence electrons. The van der Waals surface area contributed by atoms with Crippen LogP contribution in [-0.2, 0) is 6.42 Å². The van der Waals surface area contributed by atoms with Crippen LogP contribution in [-0.4, -0.2) is 23.7 Å². The predicted octanol–water partition coefficient (Wildman–Crippen LogP) is 5.31. The molecular formula is C23H23ClN2O. The van der Waals surface area contributed by atoms with Crippen LogP contribution in [0.4, 0.5) is 0 Å². The minimum Gasteiger partial charge on any atom is -0.485 e. The average Bonchev–Trinajstić information content (AvgIpc) is 2.70. The van der Waals surface area contributed by atoms with Gasteiger partial charge >= 0.3 is 0 Å². The molecule has 1 saturated heterocycles. The molecule has 0 amide bonds. The summed E-state index contributed by atoms with van der Waals surface area (Å²) in [6.07, 6.45) is 6.05. The van der Waals surface area contributed by atoms with Crippen molar-refractivity contribution in [2.75, 3.05) is 13.1 Å². The minimum absolute atomic E-state index is 0.0355. The standard InChI is InChI=1S/C23H23ClN2O/c1-15-19(5-4-16-3-2-10-26-21(15)16)18-13-17-6-7-23(8-11-25-12-9-23)27-22(17)20(24)14-18/h2-5,10,13-14,25H,6-9,11-12H2,1H3. The smallest absolute Gasteiger partial charge is 0.141 e. The number of aromatic nitrogens is 1. The Morgan fingerprint density at radius 2 is 1.96 bits per heavy atom. The molecule has 1 N–H and O–H groups in total. The number of rotatable bonds is 1. The van der Waals surface area contributed by atoms with Gasteiger partial charge in [0.25, 0.3) is 0 Å². The van der Waals surface area contributed by atoms with Crippen molar-refractivity contribution in [3.05, 3.63) is 58.7 Å². The number of pyridine rings is 1. The van der Waals surface area contributed by atoms with Gasteiger partial charge < -0.3 is 10.1 Å². The van der Waals surface area contributed by atoms with E-state index in [4.69, 9.17) is 16.3 Å². The van der Waals surface area contributed by atoms with Gasteiger partial charge in [0.2, 0.25) is 0 Å². The first-order valence-electron chi connectivity index (χ1n) is 9.72. The van der Waals surface area contributed by atoms with E-state index in [-0.39, 0.29) is 5.60 Å². The average molecular weight is 379 g/mol. The molecule has 0 bridgehead atoms. The Kier molecular flexibility index (Phi) is 4.10. The molecule has 2 aliphatic heterocycles. The zero-order chi connectivity index (χ0) is 18.4. The van der Waals surface area contributed by atoms with Gasteiger partial charge in [-0.1, -0.05) is 29.8 Å². The number of benzene rings is 2. The van der Waals surface area contributed by atoms with Crippen molar-refractivity contribution in [3.63, 3.8) is 0 Å². The second kappa shape index (κ2) is 6.50. The first kappa shape index (κ1) is 17.0. The molecule has 0 radical (unpaired) electrons. The van der Waals surface area contributed by atoms with E-state index in [0.717, 1.165) is 60.6 Å². The van der Waals surface area contributed by atoms with Crippen LogP contribution in [0.25, 0.3) is 22.0 Å². The van der Waals surface area contributed by atoms with Gasteiger partial charge in [0.05, 0.1) is 10.5 Å². The van der Waals surface area contributed by atoms with Crippen LogP contribution in [0.15, 0.2) is 42.6 Å². The second-order valence-corrected chi connectivity index (χ2v) is 8.20. The molecule has 5 rings (SSSR count). The lowest BCUT2D eigenvalue weighted by Gasteiger charge is -2.42. The van der Waals surface area contributed by atoms with E-state index in [1.807, 2.05) is 12.3 Å². The summed E-state index contributed by atoms with van der Waals surface area (Å²) in [6, 6.07) is 12.7. The maximum absolute atomic E-state index is 6.71. The van der Waals surface area contributed by atoms with Crippen LogP contribution in [0.1, 0.15) is 30.4 Å². The zero-order valence-corrected chi connectivity index (χ0v) is 16.3. The maximum Gasteiger partial charge on any atom is 0.141 e. The maximum atomic E-state index is 6.71. The van der Waals surface area contributed by atoms with E-state index < -0.39 is 0 Å². The summed E-state index contributed by atoms with van der Waals surface area (Å²) in [4.78, 5) is 4.57. The third-order valence-electron chi connectivity index (χ3n) is 6.14. The Morgan fingerprint density at radius 3 is 2.81 bits per heavy atom. The number of aryl methyl sites for hydroxylation is 2. The number of hydrogen-bond donors (Lipinski definition) is 1. The van der Waals surface area contributed by atoms with Crippen molar-refractivity contribution < 1.29 is 4.74 Å². The number of halogens is 1. The van der Waals surface area contributed by atoms with Crippen LogP contribution in [0.3, 0.4) is 0 Å². The van der Waals surface area contributed by atoms with E-state index in [1.165, 1.54) is 22.1 Å². The Bertz CT molecular complexity index is 1020. The van der Waals surface area contributed by atoms with Crippen LogP contribution in [0.2, 0.25) is 5.02 Å². The summed E-state index contributed by atoms with van der Waals surface area (Å²) >= 11 is 6.71. The van der Waals surface area contributed by atoms with Crippen LogP contribution < -0.4 is 10.1 Å². The molecule has 2 aliphatic rings.